The Bertz CT molecular complexity index is 917. The Morgan fingerprint density at radius 1 is 1.12 bits per heavy atom. The average Bonchev–Trinajstić information content (AvgIpc) is 3.21. The minimum absolute atomic E-state index is 0.0864. The molecule has 0 radical (unpaired) electrons. The highest BCUT2D eigenvalue weighted by Gasteiger charge is 2.15. The Morgan fingerprint density at radius 2 is 1.88 bits per heavy atom. The van der Waals surface area contributed by atoms with Gasteiger partial charge in [0.1, 0.15) is 11.5 Å². The smallest absolute Gasteiger partial charge is 0.274 e. The predicted octanol–water partition coefficient (Wildman–Crippen LogP) is 2.02. The summed E-state index contributed by atoms with van der Waals surface area (Å²) in [6, 6.07) is 13.4. The van der Waals surface area contributed by atoms with Crippen LogP contribution in [0.2, 0.25) is 0 Å². The Balaban J connectivity index is 1.60. The molecule has 0 atom stereocenters. The third-order valence-electron chi connectivity index (χ3n) is 3.85. The van der Waals surface area contributed by atoms with Crippen LogP contribution in [0.1, 0.15) is 21.9 Å². The Kier molecular flexibility index (Phi) is 5.52. The number of carbonyl (C=O) groups is 2. The lowest BCUT2D eigenvalue weighted by molar-refractivity contribution is -0.117. The zero-order valence-corrected chi connectivity index (χ0v) is 15.4. The van der Waals surface area contributed by atoms with Crippen LogP contribution in [0, 0.1) is 6.92 Å². The fourth-order valence-corrected chi connectivity index (χ4v) is 3.25. The fraction of sp³-hybridized carbons (Fsp3) is 0.222. The van der Waals surface area contributed by atoms with Gasteiger partial charge in [-0.3, -0.25) is 14.9 Å². The molecule has 2 heterocycles. The van der Waals surface area contributed by atoms with Gasteiger partial charge in [0, 0.05) is 13.2 Å². The zero-order valence-electron chi connectivity index (χ0n) is 14.5. The van der Waals surface area contributed by atoms with E-state index in [1.54, 1.807) is 29.9 Å². The van der Waals surface area contributed by atoms with Crippen molar-refractivity contribution in [1.29, 1.82) is 0 Å². The molecule has 3 rings (SSSR count). The maximum atomic E-state index is 12.1. The van der Waals surface area contributed by atoms with Gasteiger partial charge in [-0.1, -0.05) is 42.1 Å². The van der Waals surface area contributed by atoms with Gasteiger partial charge in [-0.25, -0.2) is 0 Å². The van der Waals surface area contributed by atoms with Crippen molar-refractivity contribution in [2.45, 2.75) is 18.6 Å². The van der Waals surface area contributed by atoms with Gasteiger partial charge >= 0.3 is 0 Å². The van der Waals surface area contributed by atoms with Crippen LogP contribution < -0.4 is 5.32 Å². The number of rotatable bonds is 6. The number of nitrogens with zero attached hydrogens (tertiary/aromatic N) is 4. The quantitative estimate of drug-likeness (QED) is 0.672. The van der Waals surface area contributed by atoms with Gasteiger partial charge in [-0.05, 0) is 24.6 Å². The molecule has 0 bridgehead atoms. The highest BCUT2D eigenvalue weighted by Crippen LogP contribution is 2.18. The van der Waals surface area contributed by atoms with E-state index in [1.807, 2.05) is 41.8 Å². The van der Waals surface area contributed by atoms with Crippen molar-refractivity contribution in [2.24, 2.45) is 7.05 Å². The molecule has 3 aromatic rings. The largest absolute Gasteiger partial charge is 0.347 e. The Hall–Kier alpha value is -2.87. The third-order valence-corrected chi connectivity index (χ3v) is 4.81. The average molecular weight is 369 g/mol. The number of hydrogen-bond donors (Lipinski definition) is 1. The first kappa shape index (κ1) is 17.9. The minimum atomic E-state index is -0.412. The topological polar surface area (TPSA) is 81.8 Å². The molecule has 26 heavy (non-hydrogen) atoms. The summed E-state index contributed by atoms with van der Waals surface area (Å²) in [4.78, 5) is 24.2. The number of carbonyl (C=O) groups excluding carboxylic acids is 2. The number of aromatic nitrogens is 4. The molecular formula is C18H19N5O2S. The molecule has 134 valence electrons. The number of benzene rings is 1. The zero-order chi connectivity index (χ0) is 18.5. The van der Waals surface area contributed by atoms with E-state index in [9.17, 15) is 9.59 Å². The van der Waals surface area contributed by atoms with Gasteiger partial charge in [0.05, 0.1) is 12.3 Å². The van der Waals surface area contributed by atoms with E-state index in [-0.39, 0.29) is 11.7 Å². The van der Waals surface area contributed by atoms with Crippen molar-refractivity contribution in [3.05, 3.63) is 65.7 Å². The second kappa shape index (κ2) is 8.01. The predicted molar refractivity (Wildman–Crippen MR) is 98.9 cm³/mol. The first-order valence-electron chi connectivity index (χ1n) is 8.06. The summed E-state index contributed by atoms with van der Waals surface area (Å²) >= 11 is 1.26. The summed E-state index contributed by atoms with van der Waals surface area (Å²) < 4.78 is 3.61. The first-order valence-corrected chi connectivity index (χ1v) is 9.05. The van der Waals surface area contributed by atoms with Crippen molar-refractivity contribution in [3.8, 4) is 0 Å². The van der Waals surface area contributed by atoms with Crippen LogP contribution in [0.5, 0.6) is 0 Å². The molecule has 2 aromatic heterocycles. The first-order chi connectivity index (χ1) is 12.5. The van der Waals surface area contributed by atoms with Crippen LogP contribution in [0.4, 0.5) is 0 Å². The maximum Gasteiger partial charge on any atom is 0.274 e. The molecular weight excluding hydrogens is 350 g/mol. The lowest BCUT2D eigenvalue weighted by Crippen LogP contribution is -2.33. The number of thioether (sulfide) groups is 1. The second-order valence-corrected chi connectivity index (χ2v) is 6.71. The van der Waals surface area contributed by atoms with Crippen LogP contribution in [-0.4, -0.2) is 36.9 Å². The summed E-state index contributed by atoms with van der Waals surface area (Å²) in [7, 11) is 1.75. The number of nitrogens with one attached hydrogen (secondary N) is 1. The highest BCUT2D eigenvalue weighted by atomic mass is 32.2. The Morgan fingerprint density at radius 3 is 2.58 bits per heavy atom. The summed E-state index contributed by atoms with van der Waals surface area (Å²) in [5.74, 6) is 0.0816. The van der Waals surface area contributed by atoms with Gasteiger partial charge in [0.2, 0.25) is 5.91 Å². The van der Waals surface area contributed by atoms with E-state index < -0.39 is 5.91 Å². The molecule has 0 saturated heterocycles. The van der Waals surface area contributed by atoms with Crippen LogP contribution in [0.15, 0.2) is 53.8 Å². The number of hydrogen-bond acceptors (Lipinski definition) is 5. The summed E-state index contributed by atoms with van der Waals surface area (Å²) in [5.41, 5.74) is 1.56. The highest BCUT2D eigenvalue weighted by molar-refractivity contribution is 7.99. The summed E-state index contributed by atoms with van der Waals surface area (Å²) in [6.07, 6.45) is 1.75. The summed E-state index contributed by atoms with van der Waals surface area (Å²) in [5, 5.41) is 11.3. The monoisotopic (exact) mass is 369 g/mol. The van der Waals surface area contributed by atoms with E-state index in [0.29, 0.717) is 17.4 Å². The van der Waals surface area contributed by atoms with Crippen molar-refractivity contribution >= 4 is 23.6 Å². The molecule has 0 aliphatic rings. The second-order valence-electron chi connectivity index (χ2n) is 5.77. The van der Waals surface area contributed by atoms with Crippen molar-refractivity contribution in [3.63, 3.8) is 0 Å². The van der Waals surface area contributed by atoms with E-state index in [4.69, 9.17) is 0 Å². The molecule has 1 aromatic carbocycles. The van der Waals surface area contributed by atoms with E-state index in [2.05, 4.69) is 15.5 Å². The Labute approximate surface area is 155 Å². The lowest BCUT2D eigenvalue weighted by Gasteiger charge is -2.08. The van der Waals surface area contributed by atoms with E-state index in [0.717, 1.165) is 11.4 Å². The van der Waals surface area contributed by atoms with Crippen molar-refractivity contribution < 1.29 is 9.59 Å². The van der Waals surface area contributed by atoms with Gasteiger partial charge < -0.3 is 9.13 Å². The molecule has 0 spiro atoms. The molecule has 1 N–H and O–H groups in total. The van der Waals surface area contributed by atoms with E-state index in [1.165, 1.54) is 11.8 Å². The summed E-state index contributed by atoms with van der Waals surface area (Å²) in [6.45, 7) is 2.50. The van der Waals surface area contributed by atoms with Crippen LogP contribution in [-0.2, 0) is 18.4 Å². The normalized spacial score (nSPS) is 10.7. The SMILES string of the molecule is Cc1nnc(SCC(=O)NC(=O)c2cccn2C)n1Cc1ccccc1. The van der Waals surface area contributed by atoms with Crippen LogP contribution >= 0.6 is 11.8 Å². The van der Waals surface area contributed by atoms with E-state index >= 15 is 0 Å². The number of aryl methyl sites for hydroxylation is 2. The number of imide groups is 1. The maximum absolute atomic E-state index is 12.1. The van der Waals surface area contributed by atoms with Gasteiger partial charge in [-0.2, -0.15) is 0 Å². The molecule has 0 aliphatic heterocycles. The standard InChI is InChI=1S/C18H19N5O2S/c1-13-20-21-18(23(13)11-14-7-4-3-5-8-14)26-12-16(24)19-17(25)15-9-6-10-22(15)2/h3-10H,11-12H2,1-2H3,(H,19,24,25). The molecule has 0 aliphatic carbocycles. The fourth-order valence-electron chi connectivity index (χ4n) is 2.47. The molecule has 0 fully saturated rings. The molecule has 8 heteroatoms. The number of amides is 2. The van der Waals surface area contributed by atoms with Gasteiger partial charge in [-0.15, -0.1) is 10.2 Å². The minimum Gasteiger partial charge on any atom is -0.347 e. The molecule has 7 nitrogen and oxygen atoms in total. The van der Waals surface area contributed by atoms with Gasteiger partial charge in [0.15, 0.2) is 5.16 Å². The van der Waals surface area contributed by atoms with Crippen LogP contribution in [0.25, 0.3) is 0 Å². The molecule has 0 saturated carbocycles. The van der Waals surface area contributed by atoms with Crippen molar-refractivity contribution in [2.75, 3.05) is 5.75 Å². The van der Waals surface area contributed by atoms with Crippen molar-refractivity contribution in [1.82, 2.24) is 24.6 Å². The van der Waals surface area contributed by atoms with Gasteiger partial charge in [0.25, 0.3) is 5.91 Å². The molecule has 2 amide bonds. The van der Waals surface area contributed by atoms with Crippen LogP contribution in [0.3, 0.4) is 0 Å². The lowest BCUT2D eigenvalue weighted by atomic mass is 10.2. The third kappa shape index (κ3) is 4.20. The molecule has 0 unspecified atom stereocenters.